The number of rotatable bonds is 6. The van der Waals surface area contributed by atoms with Gasteiger partial charge in [-0.05, 0) is 48.7 Å². The third kappa shape index (κ3) is 5.81. The van der Waals surface area contributed by atoms with Crippen molar-refractivity contribution >= 4 is 103 Å². The van der Waals surface area contributed by atoms with Gasteiger partial charge in [-0.3, -0.25) is 4.99 Å². The summed E-state index contributed by atoms with van der Waals surface area (Å²) in [6.45, 7) is 4.37. The Labute approximate surface area is 340 Å². The quantitative estimate of drug-likeness (QED) is 0.124. The topological polar surface area (TPSA) is 76.0 Å². The minimum absolute atomic E-state index is 0.449. The number of thiophene rings is 2. The van der Waals surface area contributed by atoms with E-state index < -0.39 is 0 Å². The van der Waals surface area contributed by atoms with Crippen LogP contribution in [0.15, 0.2) is 183 Å². The third-order valence-corrected chi connectivity index (χ3v) is 12.8. The van der Waals surface area contributed by atoms with Crippen molar-refractivity contribution in [2.24, 2.45) is 15.0 Å². The first-order valence-corrected chi connectivity index (χ1v) is 20.6. The average molecular weight is 782 g/mol. The van der Waals surface area contributed by atoms with Crippen LogP contribution in [0.5, 0.6) is 0 Å². The molecular weight excluding hydrogens is 751 g/mol. The van der Waals surface area contributed by atoms with Gasteiger partial charge in [-0.15, -0.1) is 22.7 Å². The van der Waals surface area contributed by atoms with Gasteiger partial charge < -0.3 is 4.42 Å². The summed E-state index contributed by atoms with van der Waals surface area (Å²) >= 11 is 3.55. The number of furan rings is 1. The monoisotopic (exact) mass is 781 g/mol. The molecular formula is C50H31N5OS2. The number of aromatic nitrogens is 2. The Morgan fingerprint density at radius 2 is 1.26 bits per heavy atom. The van der Waals surface area contributed by atoms with Gasteiger partial charge in [0.2, 0.25) is 0 Å². The van der Waals surface area contributed by atoms with Crippen LogP contribution in [0.25, 0.3) is 85.1 Å². The van der Waals surface area contributed by atoms with E-state index in [1.54, 1.807) is 11.3 Å². The van der Waals surface area contributed by atoms with Gasteiger partial charge in [-0.2, -0.15) is 0 Å². The van der Waals surface area contributed by atoms with Crippen molar-refractivity contribution in [1.29, 1.82) is 0 Å². The molecule has 11 rings (SSSR count). The molecule has 0 fully saturated rings. The van der Waals surface area contributed by atoms with E-state index in [9.17, 15) is 0 Å². The average Bonchev–Trinajstić information content (AvgIpc) is 3.98. The standard InChI is InChI=1S/C50H31N5OS2/c1-51-48(31-16-6-3-7-17-31)55-50(52-29-33-18-12-24-40-43(33)35-20-9-11-23-39(35)57-40)37-21-13-25-41-44(37)36-27-26-32(28-42(36)58-41)49-53-45(30-14-4-2-5-15-30)47-46(54-49)34-19-8-10-22-38(34)56-47/h2-28H,1,29H2. The van der Waals surface area contributed by atoms with Crippen molar-refractivity contribution in [2.75, 3.05) is 0 Å². The second-order valence-electron chi connectivity index (χ2n) is 14.0. The molecule has 0 bridgehead atoms. The highest BCUT2D eigenvalue weighted by Gasteiger charge is 2.20. The Hall–Kier alpha value is -7.13. The molecule has 0 aliphatic heterocycles. The molecule has 0 saturated heterocycles. The van der Waals surface area contributed by atoms with E-state index in [0.717, 1.165) is 70.2 Å². The van der Waals surface area contributed by atoms with Crippen molar-refractivity contribution < 1.29 is 4.42 Å². The van der Waals surface area contributed by atoms with Crippen molar-refractivity contribution in [3.8, 4) is 22.6 Å². The number of fused-ring (bicyclic) bond motifs is 9. The molecule has 0 aliphatic rings. The van der Waals surface area contributed by atoms with Crippen molar-refractivity contribution in [3.05, 3.63) is 180 Å². The Balaban J connectivity index is 1.08. The van der Waals surface area contributed by atoms with Gasteiger partial charge in [-0.25, -0.2) is 20.0 Å². The van der Waals surface area contributed by atoms with Gasteiger partial charge in [0, 0.05) is 68.0 Å². The van der Waals surface area contributed by atoms with Crippen LogP contribution in [0.1, 0.15) is 16.7 Å². The SMILES string of the molecule is C=NC(=NC(=NCc1cccc2sc3ccccc3c12)c1cccc2sc3cc(-c4nc(-c5ccccc5)c5oc6ccccc6c5n4)ccc3c12)c1ccccc1. The van der Waals surface area contributed by atoms with E-state index in [1.807, 2.05) is 78.1 Å². The van der Waals surface area contributed by atoms with Crippen molar-refractivity contribution in [1.82, 2.24) is 9.97 Å². The highest BCUT2D eigenvalue weighted by atomic mass is 32.1. The summed E-state index contributed by atoms with van der Waals surface area (Å²) in [4.78, 5) is 25.2. The van der Waals surface area contributed by atoms with Crippen LogP contribution in [0.4, 0.5) is 0 Å². The molecule has 0 unspecified atom stereocenters. The molecule has 0 atom stereocenters. The normalized spacial score (nSPS) is 12.5. The molecule has 4 heterocycles. The van der Waals surface area contributed by atoms with E-state index in [1.165, 1.54) is 20.2 Å². The molecule has 8 heteroatoms. The largest absolute Gasteiger partial charge is 0.452 e. The zero-order valence-electron chi connectivity index (χ0n) is 31.0. The fourth-order valence-electron chi connectivity index (χ4n) is 7.86. The molecule has 274 valence electrons. The summed E-state index contributed by atoms with van der Waals surface area (Å²) in [6.07, 6.45) is 0. The van der Waals surface area contributed by atoms with Gasteiger partial charge >= 0.3 is 0 Å². The number of para-hydroxylation sites is 1. The lowest BCUT2D eigenvalue weighted by atomic mass is 10.0. The fourth-order valence-corrected chi connectivity index (χ4v) is 10.2. The predicted molar refractivity (Wildman–Crippen MR) is 245 cm³/mol. The Bertz CT molecular complexity index is 3450. The van der Waals surface area contributed by atoms with Crippen LogP contribution in [-0.4, -0.2) is 28.4 Å². The minimum atomic E-state index is 0.449. The number of aliphatic imine (C=N–C) groups is 3. The van der Waals surface area contributed by atoms with Crippen LogP contribution in [0.2, 0.25) is 0 Å². The van der Waals surface area contributed by atoms with Crippen LogP contribution in [0, 0.1) is 0 Å². The molecule has 7 aromatic carbocycles. The molecule has 0 radical (unpaired) electrons. The van der Waals surface area contributed by atoms with E-state index in [-0.39, 0.29) is 0 Å². The first-order chi connectivity index (χ1) is 28.7. The Morgan fingerprint density at radius 1 is 0.569 bits per heavy atom. The number of amidine groups is 2. The van der Waals surface area contributed by atoms with E-state index in [4.69, 9.17) is 24.4 Å². The van der Waals surface area contributed by atoms with Crippen LogP contribution in [-0.2, 0) is 6.54 Å². The predicted octanol–water partition coefficient (Wildman–Crippen LogP) is 13.5. The fraction of sp³-hybridized carbons (Fsp3) is 0.0200. The first kappa shape index (κ1) is 34.1. The number of nitrogens with zero attached hydrogens (tertiary/aromatic N) is 5. The number of hydrogen-bond acceptors (Lipinski definition) is 6. The van der Waals surface area contributed by atoms with Gasteiger partial charge in [0.1, 0.15) is 16.8 Å². The summed E-state index contributed by atoms with van der Waals surface area (Å²) in [5.74, 6) is 1.76. The highest BCUT2D eigenvalue weighted by Crippen LogP contribution is 2.41. The number of hydrogen-bond donors (Lipinski definition) is 0. The lowest BCUT2D eigenvalue weighted by Crippen LogP contribution is -2.06. The summed E-state index contributed by atoms with van der Waals surface area (Å²) < 4.78 is 11.1. The minimum Gasteiger partial charge on any atom is -0.452 e. The van der Waals surface area contributed by atoms with E-state index in [2.05, 4.69) is 109 Å². The van der Waals surface area contributed by atoms with Gasteiger partial charge in [0.05, 0.1) is 6.54 Å². The first-order valence-electron chi connectivity index (χ1n) is 19.0. The smallest absolute Gasteiger partial charge is 0.180 e. The maximum absolute atomic E-state index is 6.37. The molecule has 6 nitrogen and oxygen atoms in total. The summed E-state index contributed by atoms with van der Waals surface area (Å²) in [6, 6.07) is 56.1. The van der Waals surface area contributed by atoms with Crippen LogP contribution in [0.3, 0.4) is 0 Å². The van der Waals surface area contributed by atoms with Gasteiger partial charge in [-0.1, -0.05) is 127 Å². The van der Waals surface area contributed by atoms with Gasteiger partial charge in [0.25, 0.3) is 0 Å². The van der Waals surface area contributed by atoms with Crippen molar-refractivity contribution in [2.45, 2.75) is 6.54 Å². The summed E-state index contributed by atoms with van der Waals surface area (Å²) in [5.41, 5.74) is 7.90. The molecule has 4 aromatic heterocycles. The molecule has 0 saturated carbocycles. The van der Waals surface area contributed by atoms with Crippen LogP contribution >= 0.6 is 22.7 Å². The van der Waals surface area contributed by atoms with Gasteiger partial charge in [0.15, 0.2) is 23.1 Å². The molecule has 11 aromatic rings. The molecule has 0 aliphatic carbocycles. The Kier molecular flexibility index (Phi) is 8.31. The molecule has 0 N–H and O–H groups in total. The Morgan fingerprint density at radius 3 is 2.10 bits per heavy atom. The lowest BCUT2D eigenvalue weighted by molar-refractivity contribution is 0.667. The second-order valence-corrected chi connectivity index (χ2v) is 16.2. The molecule has 0 amide bonds. The second kappa shape index (κ2) is 14.1. The highest BCUT2D eigenvalue weighted by molar-refractivity contribution is 7.26. The van der Waals surface area contributed by atoms with E-state index in [0.29, 0.717) is 29.6 Å². The lowest BCUT2D eigenvalue weighted by Gasteiger charge is -2.09. The molecule has 58 heavy (non-hydrogen) atoms. The third-order valence-electron chi connectivity index (χ3n) is 10.5. The van der Waals surface area contributed by atoms with E-state index >= 15 is 0 Å². The van der Waals surface area contributed by atoms with Crippen LogP contribution < -0.4 is 0 Å². The zero-order chi connectivity index (χ0) is 38.6. The molecule has 0 spiro atoms. The summed E-state index contributed by atoms with van der Waals surface area (Å²) in [5, 5.41) is 5.66. The maximum Gasteiger partial charge on any atom is 0.180 e. The zero-order valence-corrected chi connectivity index (χ0v) is 32.6. The summed E-state index contributed by atoms with van der Waals surface area (Å²) in [7, 11) is 0. The number of benzene rings is 7. The maximum atomic E-state index is 6.37. The van der Waals surface area contributed by atoms with Crippen molar-refractivity contribution in [3.63, 3.8) is 0 Å².